The van der Waals surface area contributed by atoms with E-state index >= 15 is 0 Å². The molecule has 0 atom stereocenters. The molecule has 108 valence electrons. The Balaban J connectivity index is 2.01. The zero-order chi connectivity index (χ0) is 15.0. The third kappa shape index (κ3) is 2.49. The number of anilines is 1. The predicted octanol–water partition coefficient (Wildman–Crippen LogP) is 4.79. The molecule has 1 amide bonds. The summed E-state index contributed by atoms with van der Waals surface area (Å²) in [5.41, 5.74) is 1.80. The third-order valence-corrected chi connectivity index (χ3v) is 4.25. The van der Waals surface area contributed by atoms with Gasteiger partial charge in [0, 0.05) is 22.3 Å². The number of nitrogens with one attached hydrogen (secondary N) is 1. The Labute approximate surface area is 127 Å². The monoisotopic (exact) mass is 301 g/mol. The van der Waals surface area contributed by atoms with E-state index in [0.717, 1.165) is 27.6 Å². The van der Waals surface area contributed by atoms with Crippen molar-refractivity contribution in [3.05, 3.63) is 42.5 Å². The molecule has 0 aliphatic carbocycles. The fourth-order valence-electron chi connectivity index (χ4n) is 2.16. The van der Waals surface area contributed by atoms with Crippen molar-refractivity contribution in [2.75, 3.05) is 11.2 Å². The number of para-hydroxylation sites is 1. The van der Waals surface area contributed by atoms with Crippen molar-refractivity contribution >= 4 is 45.1 Å². The minimum atomic E-state index is -0.602. The van der Waals surface area contributed by atoms with Crippen LogP contribution >= 0.6 is 11.6 Å². The molecule has 1 heterocycles. The first-order valence-corrected chi connectivity index (χ1v) is 7.33. The molecule has 0 unspecified atom stereocenters. The normalized spacial score (nSPS) is 12.0. The van der Waals surface area contributed by atoms with E-state index in [-0.39, 0.29) is 11.8 Å². The standard InChI is InChI=1S/C17H16ClNO2/c1-17(2,10-18)16(20)19-11-7-8-15-13(9-11)12-5-3-4-6-14(12)21-15/h3-9H,10H2,1-2H3,(H,19,20). The summed E-state index contributed by atoms with van der Waals surface area (Å²) in [6.07, 6.45) is 0. The highest BCUT2D eigenvalue weighted by Crippen LogP contribution is 2.31. The van der Waals surface area contributed by atoms with Crippen molar-refractivity contribution < 1.29 is 9.21 Å². The summed E-state index contributed by atoms with van der Waals surface area (Å²) in [7, 11) is 0. The summed E-state index contributed by atoms with van der Waals surface area (Å²) in [5.74, 6) is 0.181. The van der Waals surface area contributed by atoms with Gasteiger partial charge in [-0.15, -0.1) is 11.6 Å². The van der Waals surface area contributed by atoms with E-state index in [0.29, 0.717) is 0 Å². The lowest BCUT2D eigenvalue weighted by molar-refractivity contribution is -0.122. The third-order valence-electron chi connectivity index (χ3n) is 3.58. The van der Waals surface area contributed by atoms with E-state index in [2.05, 4.69) is 5.32 Å². The number of fused-ring (bicyclic) bond motifs is 3. The number of benzene rings is 2. The van der Waals surface area contributed by atoms with Crippen LogP contribution in [0.4, 0.5) is 5.69 Å². The molecule has 3 rings (SSSR count). The van der Waals surface area contributed by atoms with Crippen LogP contribution in [0.5, 0.6) is 0 Å². The SMILES string of the molecule is CC(C)(CCl)C(=O)Nc1ccc2oc3ccccc3c2c1. The zero-order valence-electron chi connectivity index (χ0n) is 11.9. The van der Waals surface area contributed by atoms with E-state index in [9.17, 15) is 4.79 Å². The predicted molar refractivity (Wildman–Crippen MR) is 86.9 cm³/mol. The van der Waals surface area contributed by atoms with Crippen LogP contribution in [0.1, 0.15) is 13.8 Å². The average molecular weight is 302 g/mol. The van der Waals surface area contributed by atoms with Gasteiger partial charge in [0.1, 0.15) is 11.2 Å². The number of carbonyl (C=O) groups excluding carboxylic acids is 1. The van der Waals surface area contributed by atoms with Gasteiger partial charge < -0.3 is 9.73 Å². The number of alkyl halides is 1. The van der Waals surface area contributed by atoms with Crippen LogP contribution in [0.15, 0.2) is 46.9 Å². The van der Waals surface area contributed by atoms with Crippen LogP contribution in [0.2, 0.25) is 0 Å². The van der Waals surface area contributed by atoms with E-state index in [1.54, 1.807) is 0 Å². The lowest BCUT2D eigenvalue weighted by Crippen LogP contribution is -2.32. The second kappa shape index (κ2) is 5.08. The molecule has 1 aromatic heterocycles. The van der Waals surface area contributed by atoms with Gasteiger partial charge in [0.05, 0.1) is 5.41 Å². The number of halogens is 1. The van der Waals surface area contributed by atoms with Crippen LogP contribution in [-0.2, 0) is 4.79 Å². The molecule has 4 heteroatoms. The van der Waals surface area contributed by atoms with Gasteiger partial charge in [0.25, 0.3) is 0 Å². The minimum Gasteiger partial charge on any atom is -0.456 e. The van der Waals surface area contributed by atoms with Crippen LogP contribution in [0.3, 0.4) is 0 Å². The molecule has 0 spiro atoms. The van der Waals surface area contributed by atoms with E-state index in [1.807, 2.05) is 56.3 Å². The fraction of sp³-hybridized carbons (Fsp3) is 0.235. The van der Waals surface area contributed by atoms with Crippen molar-refractivity contribution in [2.45, 2.75) is 13.8 Å². The summed E-state index contributed by atoms with van der Waals surface area (Å²) in [6, 6.07) is 13.5. The van der Waals surface area contributed by atoms with Gasteiger partial charge in [-0.25, -0.2) is 0 Å². The second-order valence-corrected chi connectivity index (χ2v) is 6.05. The quantitative estimate of drug-likeness (QED) is 0.707. The molecule has 21 heavy (non-hydrogen) atoms. The van der Waals surface area contributed by atoms with Crippen LogP contribution in [0.25, 0.3) is 21.9 Å². The Hall–Kier alpha value is -2.00. The van der Waals surface area contributed by atoms with E-state index in [1.165, 1.54) is 0 Å². The average Bonchev–Trinajstić information content (AvgIpc) is 2.85. The molecule has 0 fully saturated rings. The topological polar surface area (TPSA) is 42.2 Å². The smallest absolute Gasteiger partial charge is 0.231 e. The molecule has 0 aliphatic heterocycles. The molecule has 2 aromatic carbocycles. The Bertz CT molecular complexity index is 820. The van der Waals surface area contributed by atoms with Crippen molar-refractivity contribution in [3.63, 3.8) is 0 Å². The Morgan fingerprint density at radius 3 is 2.62 bits per heavy atom. The summed E-state index contributed by atoms with van der Waals surface area (Å²) in [4.78, 5) is 12.2. The van der Waals surface area contributed by atoms with E-state index in [4.69, 9.17) is 16.0 Å². The Kier molecular flexibility index (Phi) is 3.38. The van der Waals surface area contributed by atoms with Crippen molar-refractivity contribution in [1.29, 1.82) is 0 Å². The molecule has 0 saturated heterocycles. The maximum atomic E-state index is 12.2. The molecule has 0 radical (unpaired) electrons. The lowest BCUT2D eigenvalue weighted by Gasteiger charge is -2.20. The largest absolute Gasteiger partial charge is 0.456 e. The van der Waals surface area contributed by atoms with Gasteiger partial charge in [-0.05, 0) is 38.1 Å². The summed E-state index contributed by atoms with van der Waals surface area (Å²) in [5, 5.41) is 4.95. The number of carbonyl (C=O) groups is 1. The molecule has 3 aromatic rings. The summed E-state index contributed by atoms with van der Waals surface area (Å²) < 4.78 is 5.77. The van der Waals surface area contributed by atoms with Crippen LogP contribution < -0.4 is 5.32 Å². The molecular formula is C17H16ClNO2. The highest BCUT2D eigenvalue weighted by molar-refractivity contribution is 6.20. The number of furan rings is 1. The molecule has 0 bridgehead atoms. The minimum absolute atomic E-state index is 0.0929. The van der Waals surface area contributed by atoms with Gasteiger partial charge >= 0.3 is 0 Å². The van der Waals surface area contributed by atoms with Gasteiger partial charge in [-0.3, -0.25) is 4.79 Å². The Morgan fingerprint density at radius 2 is 1.86 bits per heavy atom. The van der Waals surface area contributed by atoms with Crippen molar-refractivity contribution in [3.8, 4) is 0 Å². The van der Waals surface area contributed by atoms with Gasteiger partial charge in [0.15, 0.2) is 0 Å². The molecular weight excluding hydrogens is 286 g/mol. The Morgan fingerprint density at radius 1 is 1.14 bits per heavy atom. The first kappa shape index (κ1) is 14.0. The highest BCUT2D eigenvalue weighted by atomic mass is 35.5. The van der Waals surface area contributed by atoms with Gasteiger partial charge in [-0.2, -0.15) is 0 Å². The van der Waals surface area contributed by atoms with Crippen LogP contribution in [0, 0.1) is 5.41 Å². The van der Waals surface area contributed by atoms with Crippen LogP contribution in [-0.4, -0.2) is 11.8 Å². The number of rotatable bonds is 3. The number of amides is 1. The van der Waals surface area contributed by atoms with Gasteiger partial charge in [0.2, 0.25) is 5.91 Å². The number of hydrogen-bond acceptors (Lipinski definition) is 2. The maximum absolute atomic E-state index is 12.2. The first-order chi connectivity index (χ1) is 10.0. The maximum Gasteiger partial charge on any atom is 0.231 e. The first-order valence-electron chi connectivity index (χ1n) is 6.80. The molecule has 0 saturated carbocycles. The summed E-state index contributed by atoms with van der Waals surface area (Å²) >= 11 is 5.83. The molecule has 3 nitrogen and oxygen atoms in total. The molecule has 1 N–H and O–H groups in total. The lowest BCUT2D eigenvalue weighted by atomic mass is 9.95. The highest BCUT2D eigenvalue weighted by Gasteiger charge is 2.26. The fourth-order valence-corrected chi connectivity index (χ4v) is 2.29. The zero-order valence-corrected chi connectivity index (χ0v) is 12.7. The molecule has 0 aliphatic rings. The van der Waals surface area contributed by atoms with Gasteiger partial charge in [-0.1, -0.05) is 18.2 Å². The van der Waals surface area contributed by atoms with Crippen molar-refractivity contribution in [1.82, 2.24) is 0 Å². The van der Waals surface area contributed by atoms with E-state index < -0.39 is 5.41 Å². The number of hydrogen-bond donors (Lipinski definition) is 1. The second-order valence-electron chi connectivity index (χ2n) is 5.78. The summed E-state index contributed by atoms with van der Waals surface area (Å²) in [6.45, 7) is 3.64. The van der Waals surface area contributed by atoms with Crippen molar-refractivity contribution in [2.24, 2.45) is 5.41 Å².